The second-order valence-electron chi connectivity index (χ2n) is 8.39. The Morgan fingerprint density at radius 3 is 2.44 bits per heavy atom. The van der Waals surface area contributed by atoms with Crippen molar-refractivity contribution in [3.63, 3.8) is 0 Å². The van der Waals surface area contributed by atoms with Crippen LogP contribution in [0.3, 0.4) is 0 Å². The fraction of sp³-hybridized carbons (Fsp3) is 0.591. The van der Waals surface area contributed by atoms with Crippen molar-refractivity contribution in [2.45, 2.75) is 70.8 Å². The molecule has 1 aliphatic carbocycles. The van der Waals surface area contributed by atoms with E-state index in [1.54, 1.807) is 12.1 Å². The van der Waals surface area contributed by atoms with E-state index in [4.69, 9.17) is 9.73 Å². The Balaban J connectivity index is 1.95. The maximum Gasteiger partial charge on any atom is 0.339 e. The fourth-order valence-electron chi connectivity index (χ4n) is 4.35. The van der Waals surface area contributed by atoms with E-state index in [0.717, 1.165) is 42.5 Å². The summed E-state index contributed by atoms with van der Waals surface area (Å²) in [5, 5.41) is 9.52. The number of aliphatic imine (C=N–C) groups is 1. The number of hydrogen-bond donors (Lipinski definition) is 1. The second kappa shape index (κ2) is 7.83. The van der Waals surface area contributed by atoms with Crippen LogP contribution in [-0.2, 0) is 11.2 Å². The molecule has 1 aromatic rings. The molecule has 0 aromatic heterocycles. The molecular formula is C22H29NO4. The highest BCUT2D eigenvalue weighted by atomic mass is 16.5. The topological polar surface area (TPSA) is 76.0 Å². The van der Waals surface area contributed by atoms with E-state index in [1.807, 2.05) is 13.8 Å². The number of nitrogens with zero attached hydrogens (tertiary/aromatic N) is 1. The molecule has 0 unspecified atom stereocenters. The normalized spacial score (nSPS) is 19.6. The molecule has 0 amide bonds. The van der Waals surface area contributed by atoms with Crippen LogP contribution >= 0.6 is 0 Å². The zero-order chi connectivity index (χ0) is 19.6. The number of aromatic carboxylic acids is 1. The van der Waals surface area contributed by atoms with Gasteiger partial charge >= 0.3 is 5.97 Å². The highest BCUT2D eigenvalue weighted by Crippen LogP contribution is 2.34. The third kappa shape index (κ3) is 4.40. The summed E-state index contributed by atoms with van der Waals surface area (Å²) in [6.07, 6.45) is 7.56. The molecular weight excluding hydrogens is 342 g/mol. The van der Waals surface area contributed by atoms with E-state index in [9.17, 15) is 14.7 Å². The summed E-state index contributed by atoms with van der Waals surface area (Å²) in [5.41, 5.74) is 2.31. The molecule has 1 N–H and O–H groups in total. The molecule has 0 spiro atoms. The number of ether oxygens (including phenoxy) is 1. The Hall–Kier alpha value is -2.17. The maximum absolute atomic E-state index is 13.0. The Morgan fingerprint density at radius 2 is 1.85 bits per heavy atom. The zero-order valence-corrected chi connectivity index (χ0v) is 16.5. The van der Waals surface area contributed by atoms with Crippen molar-refractivity contribution in [3.8, 4) is 5.75 Å². The van der Waals surface area contributed by atoms with Gasteiger partial charge in [0.25, 0.3) is 0 Å². The molecule has 1 fully saturated rings. The van der Waals surface area contributed by atoms with Gasteiger partial charge in [0.2, 0.25) is 0 Å². The lowest BCUT2D eigenvalue weighted by molar-refractivity contribution is -0.122. The highest BCUT2D eigenvalue weighted by Gasteiger charge is 2.31. The number of Topliss-reactive ketones (excluding diaryl/α,β-unsaturated/α-hetero) is 1. The molecule has 0 radical (unpaired) electrons. The first-order valence-electron chi connectivity index (χ1n) is 9.87. The summed E-state index contributed by atoms with van der Waals surface area (Å²) in [5.74, 6) is -0.324. The van der Waals surface area contributed by atoms with Gasteiger partial charge in [0.05, 0.1) is 18.4 Å². The third-order valence-corrected chi connectivity index (χ3v) is 5.68. The average Bonchev–Trinajstić information content (AvgIpc) is 2.89. The van der Waals surface area contributed by atoms with E-state index in [2.05, 4.69) is 0 Å². The number of carboxylic acids is 1. The molecule has 1 heterocycles. The van der Waals surface area contributed by atoms with E-state index in [-0.39, 0.29) is 29.2 Å². The summed E-state index contributed by atoms with van der Waals surface area (Å²) in [6.45, 7) is 4.09. The van der Waals surface area contributed by atoms with Crippen LogP contribution in [0.25, 0.3) is 0 Å². The molecule has 1 aliphatic heterocycles. The summed E-state index contributed by atoms with van der Waals surface area (Å²) in [7, 11) is 1.48. The van der Waals surface area contributed by atoms with Gasteiger partial charge in [0.1, 0.15) is 17.1 Å². The Bertz CT molecular complexity index is 771. The summed E-state index contributed by atoms with van der Waals surface area (Å²) in [4.78, 5) is 29.4. The number of carboxylic acid groups (broad SMARTS) is 1. The summed E-state index contributed by atoms with van der Waals surface area (Å²) >= 11 is 0. The standard InChI is InChI=1S/C22H29NO4/c1-22(2)13-15-10-20(27-3)17(21(25)26)11-16(15)18(23-22)12-19(24)14-8-6-4-5-7-9-14/h10-11,14H,4-9,12-13H2,1-3H3,(H,25,26). The Labute approximate surface area is 160 Å². The molecule has 0 bridgehead atoms. The number of methoxy groups -OCH3 is 1. The van der Waals surface area contributed by atoms with Crippen molar-refractivity contribution in [2.75, 3.05) is 7.11 Å². The van der Waals surface area contributed by atoms with Gasteiger partial charge in [-0.3, -0.25) is 9.79 Å². The molecule has 27 heavy (non-hydrogen) atoms. The predicted octanol–water partition coefficient (Wildman–Crippen LogP) is 4.45. The van der Waals surface area contributed by atoms with Crippen LogP contribution in [0.4, 0.5) is 0 Å². The quantitative estimate of drug-likeness (QED) is 0.776. The van der Waals surface area contributed by atoms with Crippen molar-refractivity contribution in [3.05, 3.63) is 28.8 Å². The minimum atomic E-state index is -1.03. The van der Waals surface area contributed by atoms with Crippen LogP contribution in [0.1, 0.15) is 80.3 Å². The van der Waals surface area contributed by atoms with Crippen molar-refractivity contribution in [1.29, 1.82) is 0 Å². The number of carbonyl (C=O) groups is 2. The van der Waals surface area contributed by atoms with Crippen LogP contribution in [0, 0.1) is 5.92 Å². The maximum atomic E-state index is 13.0. The van der Waals surface area contributed by atoms with Crippen LogP contribution in [0.2, 0.25) is 0 Å². The first-order chi connectivity index (χ1) is 12.8. The SMILES string of the molecule is COc1cc2c(cc1C(=O)O)C(CC(=O)C1CCCCCC1)=NC(C)(C)C2. The van der Waals surface area contributed by atoms with E-state index >= 15 is 0 Å². The molecule has 5 heteroatoms. The van der Waals surface area contributed by atoms with Crippen molar-refractivity contribution >= 4 is 17.5 Å². The Kier molecular flexibility index (Phi) is 5.68. The Morgan fingerprint density at radius 1 is 1.19 bits per heavy atom. The molecule has 2 aliphatic rings. The summed E-state index contributed by atoms with van der Waals surface area (Å²) < 4.78 is 5.28. The number of carbonyl (C=O) groups excluding carboxylic acids is 1. The van der Waals surface area contributed by atoms with Gasteiger partial charge in [-0.2, -0.15) is 0 Å². The first-order valence-corrected chi connectivity index (χ1v) is 9.87. The van der Waals surface area contributed by atoms with Gasteiger partial charge in [-0.05, 0) is 50.8 Å². The lowest BCUT2D eigenvalue weighted by Gasteiger charge is -2.30. The minimum Gasteiger partial charge on any atom is -0.496 e. The molecule has 0 atom stereocenters. The molecule has 0 saturated heterocycles. The van der Waals surface area contributed by atoms with Gasteiger partial charge in [-0.25, -0.2) is 4.79 Å². The van der Waals surface area contributed by atoms with Gasteiger partial charge in [0.15, 0.2) is 0 Å². The molecule has 146 valence electrons. The molecule has 1 saturated carbocycles. The number of benzene rings is 1. The van der Waals surface area contributed by atoms with Crippen LogP contribution in [0.15, 0.2) is 17.1 Å². The van der Waals surface area contributed by atoms with Gasteiger partial charge in [-0.15, -0.1) is 0 Å². The fourth-order valence-corrected chi connectivity index (χ4v) is 4.35. The van der Waals surface area contributed by atoms with Crippen molar-refractivity contribution < 1.29 is 19.4 Å². The van der Waals surface area contributed by atoms with Crippen LogP contribution in [-0.4, -0.2) is 35.2 Å². The zero-order valence-electron chi connectivity index (χ0n) is 16.5. The first kappa shape index (κ1) is 19.6. The van der Waals surface area contributed by atoms with E-state index in [1.165, 1.54) is 20.0 Å². The van der Waals surface area contributed by atoms with Crippen molar-refractivity contribution in [1.82, 2.24) is 0 Å². The van der Waals surface area contributed by atoms with Gasteiger partial charge in [0, 0.05) is 17.9 Å². The average molecular weight is 371 g/mol. The lowest BCUT2D eigenvalue weighted by Crippen LogP contribution is -2.31. The molecule has 3 rings (SSSR count). The smallest absolute Gasteiger partial charge is 0.339 e. The van der Waals surface area contributed by atoms with Gasteiger partial charge in [-0.1, -0.05) is 25.7 Å². The monoisotopic (exact) mass is 371 g/mol. The lowest BCUT2D eigenvalue weighted by atomic mass is 9.83. The number of rotatable bonds is 5. The van der Waals surface area contributed by atoms with Crippen molar-refractivity contribution in [2.24, 2.45) is 10.9 Å². The van der Waals surface area contributed by atoms with E-state index < -0.39 is 5.97 Å². The van der Waals surface area contributed by atoms with Crippen LogP contribution < -0.4 is 4.74 Å². The molecule has 1 aromatic carbocycles. The third-order valence-electron chi connectivity index (χ3n) is 5.68. The number of ketones is 1. The predicted molar refractivity (Wildman–Crippen MR) is 105 cm³/mol. The summed E-state index contributed by atoms with van der Waals surface area (Å²) in [6, 6.07) is 3.43. The largest absolute Gasteiger partial charge is 0.496 e. The van der Waals surface area contributed by atoms with E-state index in [0.29, 0.717) is 12.2 Å². The molecule has 5 nitrogen and oxygen atoms in total. The second-order valence-corrected chi connectivity index (χ2v) is 8.39. The van der Waals surface area contributed by atoms with Gasteiger partial charge < -0.3 is 9.84 Å². The van der Waals surface area contributed by atoms with Crippen LogP contribution in [0.5, 0.6) is 5.75 Å². The number of hydrogen-bond acceptors (Lipinski definition) is 4. The highest BCUT2D eigenvalue weighted by molar-refractivity contribution is 6.14. The number of fused-ring (bicyclic) bond motifs is 1. The minimum absolute atomic E-state index is 0.112.